The lowest BCUT2D eigenvalue weighted by molar-refractivity contribution is 0.0910. The predicted octanol–water partition coefficient (Wildman–Crippen LogP) is 2.79. The molecule has 1 atom stereocenters. The summed E-state index contributed by atoms with van der Waals surface area (Å²) in [7, 11) is 1.61. The van der Waals surface area contributed by atoms with Crippen molar-refractivity contribution in [3.63, 3.8) is 0 Å². The van der Waals surface area contributed by atoms with Gasteiger partial charge < -0.3 is 15.2 Å². The standard InChI is InChI=1S/C19H26N2O3/c1-3-15(12-22)21-18(23)16-8-14(17(24-2)11-20-16)5-4-13-9-19(10-13)6-7-19/h4-5,8,11,13,15,22H,3,6-7,9-10,12H2,1-2H3,(H,21,23)/b5-4+. The molecule has 2 aliphatic rings. The minimum Gasteiger partial charge on any atom is -0.495 e. The Bertz CT molecular complexity index is 625. The van der Waals surface area contributed by atoms with Gasteiger partial charge in [0, 0.05) is 5.56 Å². The van der Waals surface area contributed by atoms with Gasteiger partial charge in [-0.2, -0.15) is 0 Å². The van der Waals surface area contributed by atoms with Crippen molar-refractivity contribution >= 4 is 12.0 Å². The summed E-state index contributed by atoms with van der Waals surface area (Å²) in [4.78, 5) is 16.4. The second-order valence-electron chi connectivity index (χ2n) is 7.10. The zero-order valence-electron chi connectivity index (χ0n) is 14.4. The summed E-state index contributed by atoms with van der Waals surface area (Å²) in [6.45, 7) is 1.84. The summed E-state index contributed by atoms with van der Waals surface area (Å²) in [6, 6.07) is 1.51. The molecule has 1 unspecified atom stereocenters. The number of aliphatic hydroxyl groups is 1. The molecule has 1 amide bonds. The number of amides is 1. The van der Waals surface area contributed by atoms with Crippen molar-refractivity contribution in [2.45, 2.75) is 45.1 Å². The van der Waals surface area contributed by atoms with Crippen LogP contribution in [0.1, 0.15) is 55.1 Å². The number of carbonyl (C=O) groups excluding carboxylic acids is 1. The Hall–Kier alpha value is -1.88. The van der Waals surface area contributed by atoms with Crippen LogP contribution in [0.4, 0.5) is 0 Å². The van der Waals surface area contributed by atoms with Crippen LogP contribution in [0.2, 0.25) is 0 Å². The van der Waals surface area contributed by atoms with Crippen LogP contribution in [-0.2, 0) is 0 Å². The Morgan fingerprint density at radius 2 is 2.29 bits per heavy atom. The van der Waals surface area contributed by atoms with E-state index >= 15 is 0 Å². The molecule has 2 saturated carbocycles. The topological polar surface area (TPSA) is 71.5 Å². The smallest absolute Gasteiger partial charge is 0.270 e. The van der Waals surface area contributed by atoms with Gasteiger partial charge in [-0.1, -0.05) is 19.1 Å². The number of ether oxygens (including phenoxy) is 1. The van der Waals surface area contributed by atoms with E-state index in [0.29, 0.717) is 29.2 Å². The molecule has 24 heavy (non-hydrogen) atoms. The van der Waals surface area contributed by atoms with Crippen LogP contribution < -0.4 is 10.1 Å². The summed E-state index contributed by atoms with van der Waals surface area (Å²) < 4.78 is 5.36. The van der Waals surface area contributed by atoms with Crippen molar-refractivity contribution in [3.8, 4) is 5.75 Å². The Morgan fingerprint density at radius 3 is 2.88 bits per heavy atom. The third kappa shape index (κ3) is 3.61. The van der Waals surface area contributed by atoms with E-state index in [1.807, 2.05) is 13.0 Å². The van der Waals surface area contributed by atoms with Crippen LogP contribution in [-0.4, -0.2) is 35.8 Å². The maximum Gasteiger partial charge on any atom is 0.270 e. The molecule has 130 valence electrons. The Labute approximate surface area is 143 Å². The van der Waals surface area contributed by atoms with Crippen molar-refractivity contribution in [2.75, 3.05) is 13.7 Å². The van der Waals surface area contributed by atoms with Crippen LogP contribution in [0.25, 0.3) is 6.08 Å². The number of aromatic nitrogens is 1. The number of nitrogens with zero attached hydrogens (tertiary/aromatic N) is 1. The number of hydrogen-bond acceptors (Lipinski definition) is 4. The largest absolute Gasteiger partial charge is 0.495 e. The fourth-order valence-corrected chi connectivity index (χ4v) is 3.43. The van der Waals surface area contributed by atoms with Gasteiger partial charge in [0.15, 0.2) is 0 Å². The first-order valence-electron chi connectivity index (χ1n) is 8.73. The first kappa shape index (κ1) is 17.0. The van der Waals surface area contributed by atoms with Gasteiger partial charge in [0.1, 0.15) is 11.4 Å². The highest BCUT2D eigenvalue weighted by Crippen LogP contribution is 2.63. The van der Waals surface area contributed by atoms with Gasteiger partial charge in [-0.25, -0.2) is 4.98 Å². The van der Waals surface area contributed by atoms with E-state index in [0.717, 1.165) is 5.56 Å². The molecule has 2 N–H and O–H groups in total. The number of pyridine rings is 1. The zero-order valence-corrected chi connectivity index (χ0v) is 14.4. The molecule has 5 nitrogen and oxygen atoms in total. The molecule has 2 aliphatic carbocycles. The van der Waals surface area contributed by atoms with E-state index < -0.39 is 0 Å². The van der Waals surface area contributed by atoms with Crippen LogP contribution in [0, 0.1) is 11.3 Å². The molecule has 1 heterocycles. The van der Waals surface area contributed by atoms with Crippen LogP contribution in [0.3, 0.4) is 0 Å². The number of hydrogen-bond donors (Lipinski definition) is 2. The molecule has 2 fully saturated rings. The van der Waals surface area contributed by atoms with E-state index in [-0.39, 0.29) is 18.6 Å². The zero-order chi connectivity index (χ0) is 17.2. The summed E-state index contributed by atoms with van der Waals surface area (Å²) >= 11 is 0. The molecule has 0 aromatic carbocycles. The number of aliphatic hydroxyl groups excluding tert-OH is 1. The van der Waals surface area contributed by atoms with Gasteiger partial charge in [0.2, 0.25) is 0 Å². The van der Waals surface area contributed by atoms with Gasteiger partial charge in [0.05, 0.1) is 26.0 Å². The number of allylic oxidation sites excluding steroid dienone is 1. The number of nitrogens with one attached hydrogen (secondary N) is 1. The molecular weight excluding hydrogens is 304 g/mol. The van der Waals surface area contributed by atoms with E-state index in [1.165, 1.54) is 25.7 Å². The maximum atomic E-state index is 12.3. The van der Waals surface area contributed by atoms with E-state index in [4.69, 9.17) is 4.74 Å². The quantitative estimate of drug-likeness (QED) is 0.806. The third-order valence-corrected chi connectivity index (χ3v) is 5.29. The minimum atomic E-state index is -0.270. The molecule has 1 aromatic heterocycles. The van der Waals surface area contributed by atoms with Gasteiger partial charge in [-0.3, -0.25) is 4.79 Å². The molecular formula is C19H26N2O3. The fraction of sp³-hybridized carbons (Fsp3) is 0.579. The second kappa shape index (κ2) is 6.93. The third-order valence-electron chi connectivity index (χ3n) is 5.29. The minimum absolute atomic E-state index is 0.0748. The van der Waals surface area contributed by atoms with Crippen LogP contribution in [0.5, 0.6) is 5.75 Å². The lowest BCUT2D eigenvalue weighted by atomic mass is 9.72. The molecule has 5 heteroatoms. The van der Waals surface area contributed by atoms with Gasteiger partial charge in [-0.15, -0.1) is 0 Å². The number of rotatable bonds is 7. The molecule has 1 aromatic rings. The summed E-state index contributed by atoms with van der Waals surface area (Å²) in [5, 5.41) is 12.0. The fourth-order valence-electron chi connectivity index (χ4n) is 3.43. The highest BCUT2D eigenvalue weighted by Gasteiger charge is 2.51. The van der Waals surface area contributed by atoms with Crippen molar-refractivity contribution < 1.29 is 14.6 Å². The Morgan fingerprint density at radius 1 is 1.54 bits per heavy atom. The molecule has 0 radical (unpaired) electrons. The van der Waals surface area contributed by atoms with Crippen molar-refractivity contribution in [1.29, 1.82) is 0 Å². The normalized spacial score (nSPS) is 20.0. The molecule has 0 aliphatic heterocycles. The summed E-state index contributed by atoms with van der Waals surface area (Å²) in [5.41, 5.74) is 1.89. The van der Waals surface area contributed by atoms with Crippen LogP contribution in [0.15, 0.2) is 18.3 Å². The van der Waals surface area contributed by atoms with E-state index in [9.17, 15) is 9.90 Å². The molecule has 0 bridgehead atoms. The Balaban J connectivity index is 1.70. The van der Waals surface area contributed by atoms with Crippen molar-refractivity contribution in [1.82, 2.24) is 10.3 Å². The maximum absolute atomic E-state index is 12.3. The lowest BCUT2D eigenvalue weighted by Crippen LogP contribution is -2.37. The predicted molar refractivity (Wildman–Crippen MR) is 92.8 cm³/mol. The average molecular weight is 330 g/mol. The first-order chi connectivity index (χ1) is 11.6. The summed E-state index contributed by atoms with van der Waals surface area (Å²) in [5.74, 6) is 1.03. The SMILES string of the molecule is CCC(CO)NC(=O)c1cc(/C=C/C2CC3(CC3)C2)c(OC)cn1. The van der Waals surface area contributed by atoms with Gasteiger partial charge in [-0.05, 0) is 49.5 Å². The Kier molecular flexibility index (Phi) is 4.90. The molecule has 1 spiro atoms. The monoisotopic (exact) mass is 330 g/mol. The average Bonchev–Trinajstić information content (AvgIpc) is 3.37. The highest BCUT2D eigenvalue weighted by molar-refractivity contribution is 5.93. The first-order valence-corrected chi connectivity index (χ1v) is 8.73. The number of methoxy groups -OCH3 is 1. The van der Waals surface area contributed by atoms with Gasteiger partial charge >= 0.3 is 0 Å². The second-order valence-corrected chi connectivity index (χ2v) is 7.10. The van der Waals surface area contributed by atoms with E-state index in [2.05, 4.69) is 16.4 Å². The van der Waals surface area contributed by atoms with Crippen LogP contribution >= 0.6 is 0 Å². The van der Waals surface area contributed by atoms with E-state index in [1.54, 1.807) is 19.4 Å². The van der Waals surface area contributed by atoms with Crippen molar-refractivity contribution in [2.24, 2.45) is 11.3 Å². The highest BCUT2D eigenvalue weighted by atomic mass is 16.5. The molecule has 3 rings (SSSR count). The van der Waals surface area contributed by atoms with Gasteiger partial charge in [0.25, 0.3) is 5.91 Å². The van der Waals surface area contributed by atoms with Crippen molar-refractivity contribution in [3.05, 3.63) is 29.6 Å². The molecule has 0 saturated heterocycles. The summed E-state index contributed by atoms with van der Waals surface area (Å²) in [6.07, 6.45) is 11.9. The number of carbonyl (C=O) groups is 1. The lowest BCUT2D eigenvalue weighted by Gasteiger charge is -2.33.